The summed E-state index contributed by atoms with van der Waals surface area (Å²) in [5, 5.41) is 9.44. The Bertz CT molecular complexity index is 460. The van der Waals surface area contributed by atoms with E-state index < -0.39 is 0 Å². The van der Waals surface area contributed by atoms with E-state index in [4.69, 9.17) is 9.47 Å². The third-order valence-electron chi connectivity index (χ3n) is 4.95. The van der Waals surface area contributed by atoms with Crippen LogP contribution >= 0.6 is 0 Å². The summed E-state index contributed by atoms with van der Waals surface area (Å²) in [5.41, 5.74) is -0.515. The van der Waals surface area contributed by atoms with Gasteiger partial charge in [0, 0.05) is 25.0 Å². The molecule has 0 fully saturated rings. The first-order valence-corrected chi connectivity index (χ1v) is 10.5. The minimum atomic E-state index is -0.281. The molecule has 0 aromatic rings. The molecule has 0 unspecified atom stereocenters. The molecular weight excluding hydrogens is 354 g/mol. The Labute approximate surface area is 173 Å². The van der Waals surface area contributed by atoms with Crippen molar-refractivity contribution < 1.29 is 14.3 Å². The van der Waals surface area contributed by atoms with Gasteiger partial charge in [-0.25, -0.2) is 0 Å². The van der Waals surface area contributed by atoms with Crippen molar-refractivity contribution >= 4 is 5.91 Å². The second-order valence-corrected chi connectivity index (χ2v) is 10.5. The first kappa shape index (κ1) is 27.3. The van der Waals surface area contributed by atoms with Gasteiger partial charge in [0.15, 0.2) is 0 Å². The molecule has 0 saturated heterocycles. The van der Waals surface area contributed by atoms with Crippen molar-refractivity contribution in [2.24, 2.45) is 5.41 Å². The van der Waals surface area contributed by atoms with Crippen LogP contribution in [-0.4, -0.2) is 63.0 Å². The summed E-state index contributed by atoms with van der Waals surface area (Å²) in [4.78, 5) is 12.3. The molecule has 0 aliphatic carbocycles. The van der Waals surface area contributed by atoms with Gasteiger partial charge in [0.25, 0.3) is 0 Å². The molecule has 28 heavy (non-hydrogen) atoms. The van der Waals surface area contributed by atoms with Crippen molar-refractivity contribution in [3.63, 3.8) is 0 Å². The van der Waals surface area contributed by atoms with E-state index in [1.807, 2.05) is 14.1 Å². The predicted octanol–water partition coefficient (Wildman–Crippen LogP) is 3.11. The molecule has 1 amide bonds. The Kier molecular flexibility index (Phi) is 11.2. The van der Waals surface area contributed by atoms with Crippen LogP contribution in [0.25, 0.3) is 0 Å². The summed E-state index contributed by atoms with van der Waals surface area (Å²) in [6.45, 7) is 19.4. The first-order chi connectivity index (χ1) is 12.6. The molecule has 0 aliphatic heterocycles. The molecule has 0 rings (SSSR count). The minimum Gasteiger partial charge on any atom is -0.374 e. The zero-order valence-corrected chi connectivity index (χ0v) is 20.2. The lowest BCUT2D eigenvalue weighted by atomic mass is 9.77. The second kappa shape index (κ2) is 11.5. The van der Waals surface area contributed by atoms with E-state index in [9.17, 15) is 4.79 Å². The largest absolute Gasteiger partial charge is 0.374 e. The molecule has 3 N–H and O–H groups in total. The molecule has 0 aromatic carbocycles. The summed E-state index contributed by atoms with van der Waals surface area (Å²) in [5.74, 6) is 0.0791. The summed E-state index contributed by atoms with van der Waals surface area (Å²) in [7, 11) is 3.89. The third kappa shape index (κ3) is 13.5. The van der Waals surface area contributed by atoms with Crippen LogP contribution in [0.15, 0.2) is 0 Å². The van der Waals surface area contributed by atoms with Crippen LogP contribution in [0.2, 0.25) is 0 Å². The highest BCUT2D eigenvalue weighted by Gasteiger charge is 2.29. The predicted molar refractivity (Wildman–Crippen MR) is 118 cm³/mol. The smallest absolute Gasteiger partial charge is 0.220 e. The Morgan fingerprint density at radius 3 is 1.96 bits per heavy atom. The maximum atomic E-state index is 12.3. The molecule has 0 bridgehead atoms. The minimum absolute atomic E-state index is 0.0146. The van der Waals surface area contributed by atoms with Crippen LogP contribution in [-0.2, 0) is 14.3 Å². The third-order valence-corrected chi connectivity index (χ3v) is 4.95. The average molecular weight is 402 g/mol. The highest BCUT2D eigenvalue weighted by Crippen LogP contribution is 2.31. The van der Waals surface area contributed by atoms with E-state index in [-0.39, 0.29) is 28.1 Å². The number of likely N-dealkylation sites (N-methyl/N-ethyl adjacent to an activating group) is 1. The van der Waals surface area contributed by atoms with Gasteiger partial charge in [-0.1, -0.05) is 13.8 Å². The number of hydrogen-bond donors (Lipinski definition) is 3. The molecule has 0 atom stereocenters. The highest BCUT2D eigenvalue weighted by molar-refractivity contribution is 5.76. The Balaban J connectivity index is 4.14. The summed E-state index contributed by atoms with van der Waals surface area (Å²) in [6, 6.07) is 0. The molecular formula is C22H47N3O3. The summed E-state index contributed by atoms with van der Waals surface area (Å²) >= 11 is 0. The monoisotopic (exact) mass is 401 g/mol. The normalized spacial score (nSPS) is 13.6. The van der Waals surface area contributed by atoms with Crippen molar-refractivity contribution in [3.05, 3.63) is 0 Å². The van der Waals surface area contributed by atoms with Crippen LogP contribution in [0.4, 0.5) is 0 Å². The molecule has 168 valence electrons. The van der Waals surface area contributed by atoms with Gasteiger partial charge < -0.3 is 25.4 Å². The number of nitrogens with one attached hydrogen (secondary N) is 3. The number of hydrogen-bond acceptors (Lipinski definition) is 5. The second-order valence-electron chi connectivity index (χ2n) is 10.5. The SMILES string of the molecule is CNCC(C)(C)OCCC(C)(C)OCCNC(=O)CC(C)(C)CC(C)(C)NC. The van der Waals surface area contributed by atoms with E-state index in [1.165, 1.54) is 0 Å². The zero-order valence-electron chi connectivity index (χ0n) is 20.2. The van der Waals surface area contributed by atoms with Crippen molar-refractivity contribution in [3.8, 4) is 0 Å². The summed E-state index contributed by atoms with van der Waals surface area (Å²) < 4.78 is 11.9. The van der Waals surface area contributed by atoms with Crippen LogP contribution in [0.5, 0.6) is 0 Å². The lowest BCUT2D eigenvalue weighted by Gasteiger charge is -2.34. The maximum Gasteiger partial charge on any atom is 0.220 e. The zero-order chi connectivity index (χ0) is 22.1. The Morgan fingerprint density at radius 2 is 1.43 bits per heavy atom. The van der Waals surface area contributed by atoms with Gasteiger partial charge in [0.2, 0.25) is 5.91 Å². The number of carbonyl (C=O) groups is 1. The van der Waals surface area contributed by atoms with Gasteiger partial charge in [0.1, 0.15) is 0 Å². The molecule has 6 nitrogen and oxygen atoms in total. The first-order valence-electron chi connectivity index (χ1n) is 10.5. The fourth-order valence-electron chi connectivity index (χ4n) is 3.48. The highest BCUT2D eigenvalue weighted by atomic mass is 16.5. The molecule has 0 aromatic heterocycles. The van der Waals surface area contributed by atoms with Gasteiger partial charge in [-0.2, -0.15) is 0 Å². The molecule has 0 spiro atoms. The van der Waals surface area contributed by atoms with Crippen molar-refractivity contribution in [2.45, 2.75) is 91.4 Å². The van der Waals surface area contributed by atoms with Gasteiger partial charge in [-0.15, -0.1) is 0 Å². The van der Waals surface area contributed by atoms with E-state index >= 15 is 0 Å². The number of rotatable bonds is 15. The van der Waals surface area contributed by atoms with Gasteiger partial charge in [-0.05, 0) is 73.9 Å². The van der Waals surface area contributed by atoms with Crippen molar-refractivity contribution in [1.82, 2.24) is 16.0 Å². The van der Waals surface area contributed by atoms with Gasteiger partial charge >= 0.3 is 0 Å². The molecule has 0 radical (unpaired) electrons. The van der Waals surface area contributed by atoms with Crippen molar-refractivity contribution in [2.75, 3.05) is 40.4 Å². The lowest BCUT2D eigenvalue weighted by molar-refractivity contribution is -0.124. The van der Waals surface area contributed by atoms with E-state index in [1.54, 1.807) is 0 Å². The Hall–Kier alpha value is -0.690. The van der Waals surface area contributed by atoms with E-state index in [2.05, 4.69) is 71.3 Å². The van der Waals surface area contributed by atoms with Gasteiger partial charge in [-0.3, -0.25) is 4.79 Å². The van der Waals surface area contributed by atoms with E-state index in [0.29, 0.717) is 26.2 Å². The number of ether oxygens (including phenoxy) is 2. The standard InChI is InChI=1S/C22H47N3O3/c1-19(2,16-20(3,4)24-10)15-18(26)25-12-14-28-21(5,6)11-13-27-22(7,8)17-23-9/h23-24H,11-17H2,1-10H3,(H,25,26). The fraction of sp³-hybridized carbons (Fsp3) is 0.955. The molecule has 0 heterocycles. The fourth-order valence-corrected chi connectivity index (χ4v) is 3.48. The van der Waals surface area contributed by atoms with Crippen LogP contribution in [0, 0.1) is 5.41 Å². The number of carbonyl (C=O) groups excluding carboxylic acids is 1. The van der Waals surface area contributed by atoms with Gasteiger partial charge in [0.05, 0.1) is 24.4 Å². The molecule has 0 aliphatic rings. The maximum absolute atomic E-state index is 12.3. The van der Waals surface area contributed by atoms with Crippen molar-refractivity contribution in [1.29, 1.82) is 0 Å². The Morgan fingerprint density at radius 1 is 0.857 bits per heavy atom. The van der Waals surface area contributed by atoms with Crippen LogP contribution in [0.1, 0.15) is 74.7 Å². The summed E-state index contributed by atoms with van der Waals surface area (Å²) in [6.07, 6.45) is 2.24. The topological polar surface area (TPSA) is 71.6 Å². The lowest BCUT2D eigenvalue weighted by Crippen LogP contribution is -2.42. The van der Waals surface area contributed by atoms with E-state index in [0.717, 1.165) is 19.4 Å². The average Bonchev–Trinajstić information content (AvgIpc) is 2.49. The molecule has 6 heteroatoms. The van der Waals surface area contributed by atoms with Crippen LogP contribution in [0.3, 0.4) is 0 Å². The van der Waals surface area contributed by atoms with Crippen LogP contribution < -0.4 is 16.0 Å². The number of amides is 1. The quantitative estimate of drug-likeness (QED) is 0.368. The molecule has 0 saturated carbocycles.